The van der Waals surface area contributed by atoms with Gasteiger partial charge in [-0.05, 0) is 24.3 Å². The second-order valence-corrected chi connectivity index (χ2v) is 5.35. The number of thioether (sulfide) groups is 1. The molecule has 6 heteroatoms. The highest BCUT2D eigenvalue weighted by Crippen LogP contribution is 2.19. The SMILES string of the molecule is OCCc1cn(CCOC2CCSCC2)nn1. The van der Waals surface area contributed by atoms with Gasteiger partial charge in [-0.2, -0.15) is 11.8 Å². The van der Waals surface area contributed by atoms with Gasteiger partial charge in [-0.1, -0.05) is 5.21 Å². The Morgan fingerprint density at radius 1 is 1.47 bits per heavy atom. The third-order valence-electron chi connectivity index (χ3n) is 2.80. The first-order valence-electron chi connectivity index (χ1n) is 6.07. The molecule has 0 atom stereocenters. The highest BCUT2D eigenvalue weighted by molar-refractivity contribution is 7.99. The summed E-state index contributed by atoms with van der Waals surface area (Å²) in [6, 6.07) is 0. The van der Waals surface area contributed by atoms with Crippen LogP contribution in [0.4, 0.5) is 0 Å². The Bertz CT molecular complexity index is 326. The van der Waals surface area contributed by atoms with Crippen LogP contribution in [-0.4, -0.2) is 50.9 Å². The van der Waals surface area contributed by atoms with Crippen molar-refractivity contribution in [2.75, 3.05) is 24.7 Å². The standard InChI is InChI=1S/C11H19N3O2S/c15-5-1-10-9-14(13-12-10)4-6-16-11-2-7-17-8-3-11/h9,11,15H,1-8H2. The van der Waals surface area contributed by atoms with Crippen molar-refractivity contribution in [2.45, 2.75) is 31.9 Å². The number of nitrogens with zero attached hydrogens (tertiary/aromatic N) is 3. The molecule has 2 heterocycles. The molecule has 0 saturated carbocycles. The lowest BCUT2D eigenvalue weighted by atomic mass is 10.2. The largest absolute Gasteiger partial charge is 0.396 e. The summed E-state index contributed by atoms with van der Waals surface area (Å²) < 4.78 is 7.59. The average Bonchev–Trinajstić information content (AvgIpc) is 2.79. The molecular weight excluding hydrogens is 238 g/mol. The van der Waals surface area contributed by atoms with E-state index >= 15 is 0 Å². The second kappa shape index (κ2) is 6.98. The maximum Gasteiger partial charge on any atom is 0.0849 e. The van der Waals surface area contributed by atoms with Crippen LogP contribution in [-0.2, 0) is 17.7 Å². The molecule has 1 aromatic rings. The van der Waals surface area contributed by atoms with Gasteiger partial charge in [0.15, 0.2) is 0 Å². The van der Waals surface area contributed by atoms with E-state index in [0.717, 1.165) is 25.1 Å². The van der Waals surface area contributed by atoms with E-state index in [1.54, 1.807) is 4.68 Å². The first kappa shape index (κ1) is 12.9. The molecule has 0 unspecified atom stereocenters. The van der Waals surface area contributed by atoms with E-state index in [0.29, 0.717) is 19.1 Å². The minimum absolute atomic E-state index is 0.120. The molecule has 17 heavy (non-hydrogen) atoms. The molecule has 1 aliphatic heterocycles. The smallest absolute Gasteiger partial charge is 0.0849 e. The Kier molecular flexibility index (Phi) is 5.28. The molecule has 0 aromatic carbocycles. The zero-order valence-corrected chi connectivity index (χ0v) is 10.7. The van der Waals surface area contributed by atoms with E-state index in [9.17, 15) is 0 Å². The Labute approximate surface area is 106 Å². The summed E-state index contributed by atoms with van der Waals surface area (Å²) in [6.07, 6.45) is 5.20. The Morgan fingerprint density at radius 2 is 2.29 bits per heavy atom. The number of hydrogen-bond acceptors (Lipinski definition) is 5. The summed E-state index contributed by atoms with van der Waals surface area (Å²) >= 11 is 2.01. The topological polar surface area (TPSA) is 60.2 Å². The fourth-order valence-electron chi connectivity index (χ4n) is 1.83. The number of aromatic nitrogens is 3. The molecule has 0 radical (unpaired) electrons. The van der Waals surface area contributed by atoms with Crippen molar-refractivity contribution < 1.29 is 9.84 Å². The van der Waals surface area contributed by atoms with Crippen molar-refractivity contribution in [2.24, 2.45) is 0 Å². The molecule has 1 fully saturated rings. The first-order chi connectivity index (χ1) is 8.38. The van der Waals surface area contributed by atoms with E-state index < -0.39 is 0 Å². The van der Waals surface area contributed by atoms with Gasteiger partial charge in [0.25, 0.3) is 0 Å². The lowest BCUT2D eigenvalue weighted by Crippen LogP contribution is -2.21. The fourth-order valence-corrected chi connectivity index (χ4v) is 2.90. The van der Waals surface area contributed by atoms with Crippen LogP contribution >= 0.6 is 11.8 Å². The van der Waals surface area contributed by atoms with Gasteiger partial charge in [-0.15, -0.1) is 5.10 Å². The number of aliphatic hydroxyl groups is 1. The molecule has 0 aliphatic carbocycles. The third-order valence-corrected chi connectivity index (χ3v) is 3.85. The molecule has 1 aliphatic rings. The summed E-state index contributed by atoms with van der Waals surface area (Å²) in [4.78, 5) is 0. The van der Waals surface area contributed by atoms with Gasteiger partial charge < -0.3 is 9.84 Å². The molecular formula is C11H19N3O2S. The van der Waals surface area contributed by atoms with Crippen molar-refractivity contribution in [1.29, 1.82) is 0 Å². The number of rotatable bonds is 6. The van der Waals surface area contributed by atoms with Crippen LogP contribution in [0, 0.1) is 0 Å². The Hall–Kier alpha value is -0.590. The van der Waals surface area contributed by atoms with E-state index in [1.807, 2.05) is 18.0 Å². The molecule has 0 amide bonds. The fraction of sp³-hybridized carbons (Fsp3) is 0.818. The summed E-state index contributed by atoms with van der Waals surface area (Å²) in [6.45, 7) is 1.55. The third kappa shape index (κ3) is 4.29. The van der Waals surface area contributed by atoms with Gasteiger partial charge in [0, 0.05) is 19.2 Å². The van der Waals surface area contributed by atoms with Gasteiger partial charge in [-0.25, -0.2) is 4.68 Å². The van der Waals surface area contributed by atoms with Gasteiger partial charge in [0.1, 0.15) is 0 Å². The van der Waals surface area contributed by atoms with Gasteiger partial charge in [-0.3, -0.25) is 0 Å². The molecule has 2 rings (SSSR count). The maximum absolute atomic E-state index is 8.77. The second-order valence-electron chi connectivity index (χ2n) is 4.13. The minimum Gasteiger partial charge on any atom is -0.396 e. The minimum atomic E-state index is 0.120. The van der Waals surface area contributed by atoms with Crippen molar-refractivity contribution in [3.8, 4) is 0 Å². The molecule has 1 N–H and O–H groups in total. The lowest BCUT2D eigenvalue weighted by molar-refractivity contribution is 0.0413. The maximum atomic E-state index is 8.77. The van der Waals surface area contributed by atoms with Crippen LogP contribution in [0.25, 0.3) is 0 Å². The van der Waals surface area contributed by atoms with Crippen LogP contribution in [0.1, 0.15) is 18.5 Å². The van der Waals surface area contributed by atoms with Crippen LogP contribution < -0.4 is 0 Å². The van der Waals surface area contributed by atoms with Gasteiger partial charge in [0.2, 0.25) is 0 Å². The highest BCUT2D eigenvalue weighted by atomic mass is 32.2. The van der Waals surface area contributed by atoms with Crippen molar-refractivity contribution in [3.05, 3.63) is 11.9 Å². The van der Waals surface area contributed by atoms with E-state index in [2.05, 4.69) is 10.3 Å². The van der Waals surface area contributed by atoms with E-state index in [1.165, 1.54) is 11.5 Å². The normalized spacial score (nSPS) is 17.5. The molecule has 0 spiro atoms. The van der Waals surface area contributed by atoms with Crippen LogP contribution in [0.2, 0.25) is 0 Å². The van der Waals surface area contributed by atoms with Gasteiger partial charge >= 0.3 is 0 Å². The first-order valence-corrected chi connectivity index (χ1v) is 7.23. The predicted molar refractivity (Wildman–Crippen MR) is 67.1 cm³/mol. The summed E-state index contributed by atoms with van der Waals surface area (Å²) in [7, 11) is 0. The quantitative estimate of drug-likeness (QED) is 0.814. The number of ether oxygens (including phenoxy) is 1. The molecule has 5 nitrogen and oxygen atoms in total. The van der Waals surface area contributed by atoms with Crippen molar-refractivity contribution in [1.82, 2.24) is 15.0 Å². The van der Waals surface area contributed by atoms with Crippen molar-refractivity contribution >= 4 is 11.8 Å². The zero-order chi connectivity index (χ0) is 11.9. The number of aliphatic hydroxyl groups excluding tert-OH is 1. The summed E-state index contributed by atoms with van der Waals surface area (Å²) in [5.41, 5.74) is 0.835. The molecule has 1 aromatic heterocycles. The Balaban J connectivity index is 1.66. The van der Waals surface area contributed by atoms with Crippen molar-refractivity contribution in [3.63, 3.8) is 0 Å². The average molecular weight is 257 g/mol. The monoisotopic (exact) mass is 257 g/mol. The van der Waals surface area contributed by atoms with E-state index in [-0.39, 0.29) is 6.61 Å². The Morgan fingerprint density at radius 3 is 3.06 bits per heavy atom. The highest BCUT2D eigenvalue weighted by Gasteiger charge is 2.13. The van der Waals surface area contributed by atoms with E-state index in [4.69, 9.17) is 9.84 Å². The van der Waals surface area contributed by atoms with Crippen LogP contribution in [0.15, 0.2) is 6.20 Å². The lowest BCUT2D eigenvalue weighted by Gasteiger charge is -2.21. The molecule has 0 bridgehead atoms. The summed E-state index contributed by atoms with van der Waals surface area (Å²) in [5.74, 6) is 2.43. The van der Waals surface area contributed by atoms with Gasteiger partial charge in [0.05, 0.1) is 24.9 Å². The van der Waals surface area contributed by atoms with Crippen LogP contribution in [0.5, 0.6) is 0 Å². The van der Waals surface area contributed by atoms with Crippen LogP contribution in [0.3, 0.4) is 0 Å². The zero-order valence-electron chi connectivity index (χ0n) is 9.92. The summed E-state index contributed by atoms with van der Waals surface area (Å²) in [5, 5.41) is 16.7. The predicted octanol–water partition coefficient (Wildman–Crippen LogP) is 0.725. The molecule has 1 saturated heterocycles. The molecule has 96 valence electrons. The number of hydrogen-bond donors (Lipinski definition) is 1.